The Morgan fingerprint density at radius 2 is 2.33 bits per heavy atom. The summed E-state index contributed by atoms with van der Waals surface area (Å²) < 4.78 is 5.80. The summed E-state index contributed by atoms with van der Waals surface area (Å²) in [6.45, 7) is 0.821. The molecule has 2 aliphatic heterocycles. The Morgan fingerprint density at radius 1 is 1.44 bits per heavy atom. The van der Waals surface area contributed by atoms with Crippen molar-refractivity contribution < 1.29 is 4.74 Å². The third kappa shape index (κ3) is 2.01. The van der Waals surface area contributed by atoms with E-state index >= 15 is 0 Å². The van der Waals surface area contributed by atoms with E-state index in [0.29, 0.717) is 5.56 Å². The molecule has 2 aliphatic rings. The number of anilines is 1. The van der Waals surface area contributed by atoms with Gasteiger partial charge in [-0.3, -0.25) is 5.01 Å². The number of alkyl halides is 1. The first-order chi connectivity index (χ1) is 8.79. The first-order valence-corrected chi connectivity index (χ1v) is 7.06. The third-order valence-corrected chi connectivity index (χ3v) is 4.08. The molecule has 0 bridgehead atoms. The molecule has 2 unspecified atom stereocenters. The van der Waals surface area contributed by atoms with E-state index < -0.39 is 0 Å². The third-order valence-electron chi connectivity index (χ3n) is 3.39. The van der Waals surface area contributed by atoms with Crippen LogP contribution >= 0.6 is 15.9 Å². The number of nitriles is 1. The Morgan fingerprint density at radius 3 is 3.06 bits per heavy atom. The Kier molecular flexibility index (Phi) is 3.25. The topological polar surface area (TPSA) is 48.3 Å². The smallest absolute Gasteiger partial charge is 0.144 e. The molecule has 0 amide bonds. The minimum absolute atomic E-state index is 0.0475. The van der Waals surface area contributed by atoms with Gasteiger partial charge in [-0.1, -0.05) is 15.9 Å². The van der Waals surface area contributed by atoms with E-state index in [-0.39, 0.29) is 11.2 Å². The van der Waals surface area contributed by atoms with Crippen LogP contribution in [0.1, 0.15) is 35.3 Å². The van der Waals surface area contributed by atoms with Crippen molar-refractivity contribution in [2.75, 3.05) is 11.6 Å². The summed E-state index contributed by atoms with van der Waals surface area (Å²) in [5.74, 6) is 0. The zero-order valence-corrected chi connectivity index (χ0v) is 11.5. The molecule has 0 aliphatic carbocycles. The molecule has 2 atom stereocenters. The number of hydrogen-bond donors (Lipinski definition) is 1. The monoisotopic (exact) mass is 307 g/mol. The van der Waals surface area contributed by atoms with Crippen molar-refractivity contribution in [1.82, 2.24) is 5.43 Å². The highest BCUT2D eigenvalue weighted by Crippen LogP contribution is 2.39. The van der Waals surface area contributed by atoms with Crippen molar-refractivity contribution in [3.8, 4) is 6.07 Å². The molecule has 94 valence electrons. The summed E-state index contributed by atoms with van der Waals surface area (Å²) in [6.07, 6.45) is 3.46. The van der Waals surface area contributed by atoms with Gasteiger partial charge in [-0.15, -0.1) is 0 Å². The van der Waals surface area contributed by atoms with Gasteiger partial charge in [0.05, 0.1) is 17.3 Å². The van der Waals surface area contributed by atoms with E-state index in [1.807, 2.05) is 18.2 Å². The Labute approximate surface area is 115 Å². The summed E-state index contributed by atoms with van der Waals surface area (Å²) >= 11 is 3.59. The lowest BCUT2D eigenvalue weighted by atomic mass is 10.1. The van der Waals surface area contributed by atoms with Gasteiger partial charge < -0.3 is 4.74 Å². The van der Waals surface area contributed by atoms with Crippen molar-refractivity contribution in [3.63, 3.8) is 0 Å². The predicted octanol–water partition coefficient (Wildman–Crippen LogP) is 2.80. The highest BCUT2D eigenvalue weighted by molar-refractivity contribution is 9.09. The van der Waals surface area contributed by atoms with Crippen LogP contribution in [0.5, 0.6) is 0 Å². The molecule has 0 spiro atoms. The summed E-state index contributed by atoms with van der Waals surface area (Å²) in [7, 11) is 0. The van der Waals surface area contributed by atoms with Gasteiger partial charge in [-0.2, -0.15) is 5.26 Å². The van der Waals surface area contributed by atoms with E-state index in [2.05, 4.69) is 32.4 Å². The Hall–Kier alpha value is -1.09. The van der Waals surface area contributed by atoms with E-state index in [0.717, 1.165) is 30.7 Å². The van der Waals surface area contributed by atoms with Crippen LogP contribution in [0.4, 0.5) is 5.69 Å². The van der Waals surface area contributed by atoms with Crippen LogP contribution in [0.25, 0.3) is 0 Å². The minimum Gasteiger partial charge on any atom is -0.357 e. The molecule has 4 nitrogen and oxygen atoms in total. The van der Waals surface area contributed by atoms with E-state index in [9.17, 15) is 0 Å². The summed E-state index contributed by atoms with van der Waals surface area (Å²) in [4.78, 5) is 0.0475. The molecule has 2 heterocycles. The second-order valence-corrected chi connectivity index (χ2v) is 5.48. The highest BCUT2D eigenvalue weighted by Gasteiger charge is 2.32. The highest BCUT2D eigenvalue weighted by atomic mass is 79.9. The van der Waals surface area contributed by atoms with Crippen LogP contribution in [0.2, 0.25) is 0 Å². The number of nitrogens with zero attached hydrogens (tertiary/aromatic N) is 2. The van der Waals surface area contributed by atoms with Crippen LogP contribution in [0, 0.1) is 11.3 Å². The van der Waals surface area contributed by atoms with Crippen LogP contribution in [-0.2, 0) is 4.74 Å². The molecule has 1 N–H and O–H groups in total. The lowest BCUT2D eigenvalue weighted by Gasteiger charge is -2.32. The molecule has 0 saturated carbocycles. The number of nitrogens with one attached hydrogen (secondary N) is 1. The average Bonchev–Trinajstić information content (AvgIpc) is 2.77. The van der Waals surface area contributed by atoms with E-state index in [1.165, 1.54) is 6.42 Å². The SMILES string of the molecule is N#Cc1ccc2c(c1)C(Br)NN2C1CCCCO1. The first-order valence-electron chi connectivity index (χ1n) is 6.15. The van der Waals surface area contributed by atoms with Gasteiger partial charge >= 0.3 is 0 Å². The van der Waals surface area contributed by atoms with Gasteiger partial charge in [0, 0.05) is 12.2 Å². The number of hydrazine groups is 1. The largest absolute Gasteiger partial charge is 0.357 e. The van der Waals surface area contributed by atoms with Crippen LogP contribution < -0.4 is 10.4 Å². The Bertz CT molecular complexity index is 493. The molecule has 0 radical (unpaired) electrons. The molecule has 1 aromatic rings. The average molecular weight is 308 g/mol. The van der Waals surface area contributed by atoms with Gasteiger partial charge in [0.1, 0.15) is 11.2 Å². The minimum atomic E-state index is 0.0475. The normalized spacial score (nSPS) is 26.8. The molecule has 5 heteroatoms. The maximum atomic E-state index is 8.95. The summed E-state index contributed by atoms with van der Waals surface area (Å²) in [6, 6.07) is 7.93. The number of hydrogen-bond acceptors (Lipinski definition) is 4. The molecule has 1 fully saturated rings. The van der Waals surface area contributed by atoms with E-state index in [4.69, 9.17) is 10.00 Å². The van der Waals surface area contributed by atoms with Crippen molar-refractivity contribution in [3.05, 3.63) is 29.3 Å². The van der Waals surface area contributed by atoms with Crippen LogP contribution in [0.3, 0.4) is 0 Å². The fourth-order valence-corrected chi connectivity index (χ4v) is 3.06. The standard InChI is InChI=1S/C13H14BrN3O/c14-13-10-7-9(8-15)4-5-11(10)17(16-13)12-3-1-2-6-18-12/h4-5,7,12-13,16H,1-3,6H2. The maximum Gasteiger partial charge on any atom is 0.144 e. The Balaban J connectivity index is 1.91. The van der Waals surface area contributed by atoms with Crippen molar-refractivity contribution in [2.45, 2.75) is 30.4 Å². The maximum absolute atomic E-state index is 8.95. The zero-order valence-electron chi connectivity index (χ0n) is 9.90. The first kappa shape index (κ1) is 12.0. The molecule has 1 saturated heterocycles. The fraction of sp³-hybridized carbons (Fsp3) is 0.462. The van der Waals surface area contributed by atoms with Crippen molar-refractivity contribution in [2.24, 2.45) is 0 Å². The number of halogens is 1. The lowest BCUT2D eigenvalue weighted by molar-refractivity contribution is 0.00923. The summed E-state index contributed by atoms with van der Waals surface area (Å²) in [5, 5.41) is 11.0. The van der Waals surface area contributed by atoms with Gasteiger partial charge in [-0.05, 0) is 37.5 Å². The second-order valence-electron chi connectivity index (χ2n) is 4.57. The van der Waals surface area contributed by atoms with Gasteiger partial charge in [-0.25, -0.2) is 5.43 Å². The van der Waals surface area contributed by atoms with Crippen molar-refractivity contribution in [1.29, 1.82) is 5.26 Å². The molecule has 3 rings (SSSR count). The zero-order chi connectivity index (χ0) is 12.5. The lowest BCUT2D eigenvalue weighted by Crippen LogP contribution is -2.45. The number of ether oxygens (including phenoxy) is 1. The molecule has 18 heavy (non-hydrogen) atoms. The predicted molar refractivity (Wildman–Crippen MR) is 72.0 cm³/mol. The van der Waals surface area contributed by atoms with Gasteiger partial charge in [0.2, 0.25) is 0 Å². The van der Waals surface area contributed by atoms with Gasteiger partial charge in [0.15, 0.2) is 0 Å². The number of fused-ring (bicyclic) bond motifs is 1. The fourth-order valence-electron chi connectivity index (χ4n) is 2.47. The molecule has 1 aromatic carbocycles. The molecular formula is C13H14BrN3O. The number of benzene rings is 1. The van der Waals surface area contributed by atoms with E-state index in [1.54, 1.807) is 0 Å². The summed E-state index contributed by atoms with van der Waals surface area (Å²) in [5.41, 5.74) is 6.24. The quantitative estimate of drug-likeness (QED) is 0.640. The van der Waals surface area contributed by atoms with Crippen LogP contribution in [-0.4, -0.2) is 12.8 Å². The second kappa shape index (κ2) is 4.88. The van der Waals surface area contributed by atoms with Crippen molar-refractivity contribution >= 4 is 21.6 Å². The molecular weight excluding hydrogens is 294 g/mol. The van der Waals surface area contributed by atoms with Gasteiger partial charge in [0.25, 0.3) is 0 Å². The number of rotatable bonds is 1. The molecule has 0 aromatic heterocycles. The van der Waals surface area contributed by atoms with Crippen LogP contribution in [0.15, 0.2) is 18.2 Å².